The van der Waals surface area contributed by atoms with Crippen LogP contribution in [0.5, 0.6) is 0 Å². The summed E-state index contributed by atoms with van der Waals surface area (Å²) in [5.41, 5.74) is 0.682. The van der Waals surface area contributed by atoms with Gasteiger partial charge in [0.15, 0.2) is 5.65 Å². The van der Waals surface area contributed by atoms with Crippen molar-refractivity contribution in [3.05, 3.63) is 90.7 Å². The molecule has 0 spiro atoms. The molecule has 1 amide bonds. The number of nitrogens with one attached hydrogen (secondary N) is 1. The lowest BCUT2D eigenvalue weighted by atomic mass is 9.90. The fourth-order valence-corrected chi connectivity index (χ4v) is 6.15. The van der Waals surface area contributed by atoms with Crippen LogP contribution >= 0.6 is 22.6 Å². The van der Waals surface area contributed by atoms with Gasteiger partial charge in [-0.25, -0.2) is 18.7 Å². The fourth-order valence-electron chi connectivity index (χ4n) is 5.63. The monoisotopic (exact) mass is 640 g/mol. The third kappa shape index (κ3) is 4.72. The number of allylic oxidation sites excluding steroid dienone is 3. The van der Waals surface area contributed by atoms with Gasteiger partial charge in [0.05, 0.1) is 23.8 Å². The van der Waals surface area contributed by atoms with E-state index in [1.165, 1.54) is 9.13 Å². The molecule has 39 heavy (non-hydrogen) atoms. The summed E-state index contributed by atoms with van der Waals surface area (Å²) in [5, 5.41) is 3.17. The molecule has 3 aromatic rings. The first kappa shape index (κ1) is 25.7. The normalized spacial score (nSPS) is 22.4. The number of aromatic nitrogens is 3. The summed E-state index contributed by atoms with van der Waals surface area (Å²) in [6.45, 7) is 2.50. The summed E-state index contributed by atoms with van der Waals surface area (Å²) in [4.78, 5) is 51.0. The maximum atomic E-state index is 14.2. The zero-order chi connectivity index (χ0) is 27.3. The quantitative estimate of drug-likeness (QED) is 0.441. The van der Waals surface area contributed by atoms with Crippen LogP contribution < -0.4 is 16.6 Å². The molecule has 1 fully saturated rings. The number of nitrogens with zero attached hydrogens (tertiary/aromatic N) is 5. The third-order valence-electron chi connectivity index (χ3n) is 7.60. The van der Waals surface area contributed by atoms with E-state index in [1.807, 2.05) is 48.3 Å². The van der Waals surface area contributed by atoms with Gasteiger partial charge in [-0.3, -0.25) is 19.1 Å². The van der Waals surface area contributed by atoms with Crippen LogP contribution in [0.15, 0.2) is 75.0 Å². The van der Waals surface area contributed by atoms with E-state index in [0.29, 0.717) is 37.9 Å². The van der Waals surface area contributed by atoms with E-state index in [4.69, 9.17) is 0 Å². The number of aliphatic imine (C=N–C) groups is 1. The first-order chi connectivity index (χ1) is 18.8. The third-order valence-corrected chi connectivity index (χ3v) is 8.27. The number of benzene rings is 1. The van der Waals surface area contributed by atoms with Gasteiger partial charge in [0.1, 0.15) is 17.7 Å². The van der Waals surface area contributed by atoms with Crippen LogP contribution in [0.4, 0.5) is 4.39 Å². The van der Waals surface area contributed by atoms with Crippen molar-refractivity contribution in [3.8, 4) is 5.69 Å². The van der Waals surface area contributed by atoms with Crippen LogP contribution in [-0.2, 0) is 4.79 Å². The first-order valence-corrected chi connectivity index (χ1v) is 14.0. The van der Waals surface area contributed by atoms with Gasteiger partial charge in [-0.15, -0.1) is 0 Å². The standard InChI is InChI=1S/C28H26FIN6O3/c1-16-4-2-7-24-33-23(15-34(16)24)26(37)32-19-8-10-20(11-9-19)36-27(38)22-12-17(29)14-31-25(22)35(28(36)39)21-6-3-5-18(30)13-21/h2-7,12-14,19-20,23H,8-11,15H2,1H3,(H,32,37). The number of halogens is 2. The molecule has 2 aliphatic heterocycles. The summed E-state index contributed by atoms with van der Waals surface area (Å²) in [6, 6.07) is 7.51. The van der Waals surface area contributed by atoms with Gasteiger partial charge < -0.3 is 10.2 Å². The van der Waals surface area contributed by atoms with Crippen LogP contribution in [0, 0.1) is 9.39 Å². The average molecular weight is 640 g/mol. The number of rotatable bonds is 4. The molecule has 200 valence electrons. The van der Waals surface area contributed by atoms with Gasteiger partial charge in [0, 0.05) is 21.4 Å². The lowest BCUT2D eigenvalue weighted by Crippen LogP contribution is -2.47. The Morgan fingerprint density at radius 2 is 1.95 bits per heavy atom. The summed E-state index contributed by atoms with van der Waals surface area (Å²) >= 11 is 2.15. The Morgan fingerprint density at radius 3 is 2.69 bits per heavy atom. The zero-order valence-corrected chi connectivity index (χ0v) is 23.3. The molecule has 3 aliphatic rings. The van der Waals surface area contributed by atoms with Crippen molar-refractivity contribution in [1.82, 2.24) is 24.3 Å². The molecule has 1 N–H and O–H groups in total. The van der Waals surface area contributed by atoms with Gasteiger partial charge in [-0.1, -0.05) is 12.1 Å². The Morgan fingerprint density at radius 1 is 1.15 bits per heavy atom. The maximum absolute atomic E-state index is 14.2. The van der Waals surface area contributed by atoms with E-state index in [9.17, 15) is 18.8 Å². The molecule has 0 bridgehead atoms. The number of amidine groups is 1. The smallest absolute Gasteiger partial charge is 0.337 e. The molecule has 6 rings (SSSR count). The minimum Gasteiger partial charge on any atom is -0.351 e. The van der Waals surface area contributed by atoms with Crippen molar-refractivity contribution < 1.29 is 9.18 Å². The number of amides is 1. The molecule has 1 saturated carbocycles. The summed E-state index contributed by atoms with van der Waals surface area (Å²) in [6.07, 6.45) is 9.10. The Labute approximate surface area is 236 Å². The fraction of sp³-hybridized carbons (Fsp3) is 0.321. The number of hydrogen-bond acceptors (Lipinski definition) is 6. The molecule has 1 aliphatic carbocycles. The second kappa shape index (κ2) is 10.2. The number of hydrogen-bond donors (Lipinski definition) is 1. The van der Waals surface area contributed by atoms with Gasteiger partial charge in [-0.05, 0) is 91.6 Å². The minimum atomic E-state index is -0.641. The van der Waals surface area contributed by atoms with Crippen LogP contribution in [0.2, 0.25) is 0 Å². The highest BCUT2D eigenvalue weighted by Crippen LogP contribution is 2.28. The highest BCUT2D eigenvalue weighted by Gasteiger charge is 2.33. The van der Waals surface area contributed by atoms with E-state index in [1.54, 1.807) is 6.07 Å². The van der Waals surface area contributed by atoms with Crippen LogP contribution in [0.3, 0.4) is 0 Å². The predicted octanol–water partition coefficient (Wildman–Crippen LogP) is 3.45. The highest BCUT2D eigenvalue weighted by molar-refractivity contribution is 14.1. The Hall–Kier alpha value is -3.61. The number of carbonyl (C=O) groups is 1. The summed E-state index contributed by atoms with van der Waals surface area (Å²) in [7, 11) is 0. The molecule has 0 radical (unpaired) electrons. The molecule has 4 heterocycles. The Bertz CT molecular complexity index is 1700. The molecule has 11 heteroatoms. The van der Waals surface area contributed by atoms with Crippen LogP contribution in [0.1, 0.15) is 38.6 Å². The lowest BCUT2D eigenvalue weighted by molar-refractivity contribution is -0.123. The second-order valence-corrected chi connectivity index (χ2v) is 11.3. The lowest BCUT2D eigenvalue weighted by Gasteiger charge is -2.31. The average Bonchev–Trinajstić information content (AvgIpc) is 3.36. The van der Waals surface area contributed by atoms with E-state index in [2.05, 4.69) is 37.9 Å². The van der Waals surface area contributed by atoms with Crippen molar-refractivity contribution in [1.29, 1.82) is 0 Å². The molecule has 0 saturated heterocycles. The van der Waals surface area contributed by atoms with Crippen molar-refractivity contribution in [2.45, 2.75) is 50.7 Å². The Kier molecular flexibility index (Phi) is 6.69. The summed E-state index contributed by atoms with van der Waals surface area (Å²) in [5.74, 6) is 0.0371. The number of carbonyl (C=O) groups excluding carboxylic acids is 1. The van der Waals surface area contributed by atoms with E-state index >= 15 is 0 Å². The first-order valence-electron chi connectivity index (χ1n) is 12.9. The van der Waals surface area contributed by atoms with Crippen molar-refractivity contribution >= 4 is 45.4 Å². The highest BCUT2D eigenvalue weighted by atomic mass is 127. The summed E-state index contributed by atoms with van der Waals surface area (Å²) < 4.78 is 17.7. The van der Waals surface area contributed by atoms with E-state index < -0.39 is 23.1 Å². The zero-order valence-electron chi connectivity index (χ0n) is 21.2. The Balaban J connectivity index is 1.24. The SMILES string of the molecule is CC1=CC=CC2=NC(C(=O)NC3CCC(n4c(=O)c5cc(F)cnc5n(-c5cccc(I)c5)c4=O)CC3)CN12. The molecule has 1 aromatic carbocycles. The van der Waals surface area contributed by atoms with Gasteiger partial charge in [0.2, 0.25) is 5.91 Å². The van der Waals surface area contributed by atoms with Gasteiger partial charge in [0.25, 0.3) is 5.56 Å². The molecular formula is C28H26FIN6O3. The van der Waals surface area contributed by atoms with Crippen molar-refractivity contribution in [3.63, 3.8) is 0 Å². The molecule has 9 nitrogen and oxygen atoms in total. The van der Waals surface area contributed by atoms with Crippen molar-refractivity contribution in [2.75, 3.05) is 6.54 Å². The number of fused-ring (bicyclic) bond motifs is 2. The van der Waals surface area contributed by atoms with E-state index in [0.717, 1.165) is 27.4 Å². The van der Waals surface area contributed by atoms with Gasteiger partial charge >= 0.3 is 5.69 Å². The topological polar surface area (TPSA) is 102 Å². The van der Waals surface area contributed by atoms with E-state index in [-0.39, 0.29) is 29.0 Å². The molecule has 1 atom stereocenters. The molecule has 2 aromatic heterocycles. The van der Waals surface area contributed by atoms with Gasteiger partial charge in [-0.2, -0.15) is 0 Å². The number of pyridine rings is 1. The van der Waals surface area contributed by atoms with Crippen LogP contribution in [-0.4, -0.2) is 49.4 Å². The van der Waals surface area contributed by atoms with Crippen molar-refractivity contribution in [2.24, 2.45) is 4.99 Å². The molecule has 1 unspecified atom stereocenters. The predicted molar refractivity (Wildman–Crippen MR) is 155 cm³/mol. The largest absolute Gasteiger partial charge is 0.351 e. The maximum Gasteiger partial charge on any atom is 0.337 e. The van der Waals surface area contributed by atoms with Crippen LogP contribution in [0.25, 0.3) is 16.7 Å². The minimum absolute atomic E-state index is 0.0547. The second-order valence-electron chi connectivity index (χ2n) is 10.1. The molecular weight excluding hydrogens is 614 g/mol.